The Balaban J connectivity index is 2.26. The predicted molar refractivity (Wildman–Crippen MR) is 59.4 cm³/mol. The topological polar surface area (TPSA) is 35.2 Å². The number of benzene rings is 1. The molecule has 0 aromatic heterocycles. The highest BCUT2D eigenvalue weighted by Gasteiger charge is 2.08. The lowest BCUT2D eigenvalue weighted by atomic mass is 10.2. The van der Waals surface area contributed by atoms with Crippen molar-refractivity contribution < 1.29 is 13.5 Å². The fourth-order valence-corrected chi connectivity index (χ4v) is 1.39. The van der Waals surface area contributed by atoms with Crippen molar-refractivity contribution in [2.75, 3.05) is 13.2 Å². The van der Waals surface area contributed by atoms with E-state index < -0.39 is 11.6 Å². The van der Waals surface area contributed by atoms with Crippen LogP contribution in [0.4, 0.5) is 8.78 Å². The zero-order chi connectivity index (χ0) is 11.8. The summed E-state index contributed by atoms with van der Waals surface area (Å²) in [6.45, 7) is 1.02. The fourth-order valence-electron chi connectivity index (χ4n) is 1.39. The predicted octanol–water partition coefficient (Wildman–Crippen LogP) is 2.86. The Bertz CT molecular complexity index is 298. The molecule has 1 aromatic rings. The molecule has 1 aromatic carbocycles. The number of rotatable bonds is 7. The molecule has 2 nitrogen and oxygen atoms in total. The SMILES string of the molecule is NCCCCCCOc1c(F)cccc1F. The molecule has 0 atom stereocenters. The van der Waals surface area contributed by atoms with E-state index in [9.17, 15) is 8.78 Å². The van der Waals surface area contributed by atoms with E-state index in [2.05, 4.69) is 0 Å². The lowest BCUT2D eigenvalue weighted by molar-refractivity contribution is 0.275. The summed E-state index contributed by atoms with van der Waals surface area (Å²) < 4.78 is 31.3. The normalized spacial score (nSPS) is 10.4. The third-order valence-corrected chi connectivity index (χ3v) is 2.26. The van der Waals surface area contributed by atoms with Crippen LogP contribution in [0.2, 0.25) is 0 Å². The molecule has 2 N–H and O–H groups in total. The van der Waals surface area contributed by atoms with Gasteiger partial charge in [-0.05, 0) is 31.5 Å². The van der Waals surface area contributed by atoms with Crippen LogP contribution in [0, 0.1) is 11.6 Å². The third kappa shape index (κ3) is 4.14. The molecule has 0 saturated heterocycles. The maximum Gasteiger partial charge on any atom is 0.190 e. The Kier molecular flexibility index (Phi) is 5.78. The van der Waals surface area contributed by atoms with Crippen LogP contribution in [-0.2, 0) is 0 Å². The first kappa shape index (κ1) is 12.9. The molecule has 0 spiro atoms. The van der Waals surface area contributed by atoms with E-state index in [4.69, 9.17) is 10.5 Å². The summed E-state index contributed by atoms with van der Waals surface area (Å²) in [5, 5.41) is 0. The smallest absolute Gasteiger partial charge is 0.190 e. The van der Waals surface area contributed by atoms with Crippen molar-refractivity contribution in [3.8, 4) is 5.75 Å². The van der Waals surface area contributed by atoms with Crippen molar-refractivity contribution >= 4 is 0 Å². The standard InChI is InChI=1S/C12H17F2NO/c13-10-6-5-7-11(14)12(10)16-9-4-2-1-3-8-15/h5-7H,1-4,8-9,15H2. The van der Waals surface area contributed by atoms with Crippen molar-refractivity contribution in [2.45, 2.75) is 25.7 Å². The van der Waals surface area contributed by atoms with Crippen molar-refractivity contribution in [3.63, 3.8) is 0 Å². The molecule has 16 heavy (non-hydrogen) atoms. The zero-order valence-electron chi connectivity index (χ0n) is 9.22. The average Bonchev–Trinajstić information content (AvgIpc) is 2.26. The summed E-state index contributed by atoms with van der Waals surface area (Å²) >= 11 is 0. The van der Waals surface area contributed by atoms with Crippen LogP contribution in [0.25, 0.3) is 0 Å². The highest BCUT2D eigenvalue weighted by Crippen LogP contribution is 2.20. The van der Waals surface area contributed by atoms with Crippen LogP contribution in [0.15, 0.2) is 18.2 Å². The van der Waals surface area contributed by atoms with E-state index in [1.807, 2.05) is 0 Å². The molecule has 0 radical (unpaired) electrons. The summed E-state index contributed by atoms with van der Waals surface area (Å²) in [5.74, 6) is -1.58. The highest BCUT2D eigenvalue weighted by molar-refractivity contribution is 5.25. The van der Waals surface area contributed by atoms with E-state index in [0.717, 1.165) is 25.7 Å². The van der Waals surface area contributed by atoms with Gasteiger partial charge in [0.2, 0.25) is 0 Å². The summed E-state index contributed by atoms with van der Waals surface area (Å²) in [6.07, 6.45) is 3.76. The second kappa shape index (κ2) is 7.17. The van der Waals surface area contributed by atoms with Gasteiger partial charge >= 0.3 is 0 Å². The monoisotopic (exact) mass is 229 g/mol. The number of nitrogens with two attached hydrogens (primary N) is 1. The maximum atomic E-state index is 13.1. The Morgan fingerprint density at radius 3 is 2.25 bits per heavy atom. The molecule has 0 unspecified atom stereocenters. The molecule has 0 heterocycles. The Labute approximate surface area is 94.4 Å². The van der Waals surface area contributed by atoms with E-state index >= 15 is 0 Å². The third-order valence-electron chi connectivity index (χ3n) is 2.26. The summed E-state index contributed by atoms with van der Waals surface area (Å²) in [7, 11) is 0. The first-order valence-corrected chi connectivity index (χ1v) is 5.52. The van der Waals surface area contributed by atoms with Gasteiger partial charge in [-0.3, -0.25) is 0 Å². The van der Waals surface area contributed by atoms with Crippen LogP contribution < -0.4 is 10.5 Å². The zero-order valence-corrected chi connectivity index (χ0v) is 9.22. The summed E-state index contributed by atoms with van der Waals surface area (Å²) in [4.78, 5) is 0. The molecular weight excluding hydrogens is 212 g/mol. The van der Waals surface area contributed by atoms with Crippen molar-refractivity contribution in [1.29, 1.82) is 0 Å². The van der Waals surface area contributed by atoms with E-state index in [0.29, 0.717) is 13.2 Å². The van der Waals surface area contributed by atoms with Crippen LogP contribution in [0.5, 0.6) is 5.75 Å². The van der Waals surface area contributed by atoms with Crippen LogP contribution in [0.1, 0.15) is 25.7 Å². The van der Waals surface area contributed by atoms with Crippen molar-refractivity contribution in [2.24, 2.45) is 5.73 Å². The Hall–Kier alpha value is -1.16. The summed E-state index contributed by atoms with van der Waals surface area (Å²) in [5.41, 5.74) is 5.34. The van der Waals surface area contributed by atoms with Gasteiger partial charge in [-0.15, -0.1) is 0 Å². The lowest BCUT2D eigenvalue weighted by Gasteiger charge is -2.07. The molecular formula is C12H17F2NO. The van der Waals surface area contributed by atoms with Crippen molar-refractivity contribution in [3.05, 3.63) is 29.8 Å². The van der Waals surface area contributed by atoms with E-state index in [-0.39, 0.29) is 5.75 Å². The van der Waals surface area contributed by atoms with E-state index in [1.165, 1.54) is 18.2 Å². The first-order valence-electron chi connectivity index (χ1n) is 5.52. The van der Waals surface area contributed by atoms with Gasteiger partial charge in [0.05, 0.1) is 6.61 Å². The number of halogens is 2. The molecule has 4 heteroatoms. The van der Waals surface area contributed by atoms with Gasteiger partial charge in [-0.1, -0.05) is 18.9 Å². The first-order chi connectivity index (χ1) is 7.75. The highest BCUT2D eigenvalue weighted by atomic mass is 19.1. The second-order valence-corrected chi connectivity index (χ2v) is 3.60. The number of ether oxygens (including phenoxy) is 1. The Morgan fingerprint density at radius 1 is 1.00 bits per heavy atom. The van der Waals surface area contributed by atoms with Gasteiger partial charge in [0.1, 0.15) is 0 Å². The van der Waals surface area contributed by atoms with Crippen LogP contribution >= 0.6 is 0 Å². The van der Waals surface area contributed by atoms with Crippen molar-refractivity contribution in [1.82, 2.24) is 0 Å². The molecule has 0 aliphatic heterocycles. The molecule has 0 fully saturated rings. The fraction of sp³-hybridized carbons (Fsp3) is 0.500. The molecule has 0 aliphatic rings. The van der Waals surface area contributed by atoms with Gasteiger partial charge < -0.3 is 10.5 Å². The Morgan fingerprint density at radius 2 is 1.62 bits per heavy atom. The largest absolute Gasteiger partial charge is 0.488 e. The number of hydrogen-bond acceptors (Lipinski definition) is 2. The molecule has 1 rings (SSSR count). The molecule has 90 valence electrons. The quantitative estimate of drug-likeness (QED) is 0.730. The molecule has 0 aliphatic carbocycles. The van der Waals surface area contributed by atoms with Gasteiger partial charge in [0.15, 0.2) is 17.4 Å². The molecule has 0 saturated carbocycles. The molecule has 0 bridgehead atoms. The van der Waals surface area contributed by atoms with Gasteiger partial charge in [-0.25, -0.2) is 8.78 Å². The number of unbranched alkanes of at least 4 members (excludes halogenated alkanes) is 3. The maximum absolute atomic E-state index is 13.1. The van der Waals surface area contributed by atoms with Crippen LogP contribution in [0.3, 0.4) is 0 Å². The number of para-hydroxylation sites is 1. The minimum atomic E-state index is -0.651. The number of hydrogen-bond donors (Lipinski definition) is 1. The van der Waals surface area contributed by atoms with Gasteiger partial charge in [0.25, 0.3) is 0 Å². The second-order valence-electron chi connectivity index (χ2n) is 3.60. The average molecular weight is 229 g/mol. The van der Waals surface area contributed by atoms with Gasteiger partial charge in [-0.2, -0.15) is 0 Å². The van der Waals surface area contributed by atoms with Crippen LogP contribution in [-0.4, -0.2) is 13.2 Å². The van der Waals surface area contributed by atoms with Gasteiger partial charge in [0, 0.05) is 0 Å². The molecule has 0 amide bonds. The minimum absolute atomic E-state index is 0.277. The minimum Gasteiger partial charge on any atom is -0.488 e. The lowest BCUT2D eigenvalue weighted by Crippen LogP contribution is -2.02. The van der Waals surface area contributed by atoms with E-state index in [1.54, 1.807) is 0 Å². The summed E-state index contributed by atoms with van der Waals surface area (Å²) in [6, 6.07) is 3.69.